The SMILES string of the molecule is O=C(NOC1CCCCO1)c1c[nH]cc1-c1ccc(Cl)s1. The van der Waals surface area contributed by atoms with E-state index >= 15 is 0 Å². The molecule has 21 heavy (non-hydrogen) atoms. The van der Waals surface area contributed by atoms with Crippen molar-refractivity contribution in [2.24, 2.45) is 0 Å². The number of amides is 1. The number of aromatic amines is 1. The van der Waals surface area contributed by atoms with Crippen LogP contribution in [0.1, 0.15) is 29.6 Å². The average Bonchev–Trinajstić information content (AvgIpc) is 3.14. The molecule has 112 valence electrons. The predicted octanol–water partition coefficient (Wildman–Crippen LogP) is 3.58. The van der Waals surface area contributed by atoms with Gasteiger partial charge in [-0.3, -0.25) is 4.79 Å². The lowest BCUT2D eigenvalue weighted by molar-refractivity contribution is -0.186. The van der Waals surface area contributed by atoms with Gasteiger partial charge in [-0.25, -0.2) is 10.3 Å². The molecule has 2 N–H and O–H groups in total. The van der Waals surface area contributed by atoms with Crippen molar-refractivity contribution in [3.05, 3.63) is 34.4 Å². The molecule has 1 atom stereocenters. The van der Waals surface area contributed by atoms with Gasteiger partial charge in [0.25, 0.3) is 5.91 Å². The van der Waals surface area contributed by atoms with E-state index in [1.807, 2.05) is 12.1 Å². The fourth-order valence-corrected chi connectivity index (χ4v) is 3.27. The highest BCUT2D eigenvalue weighted by atomic mass is 35.5. The van der Waals surface area contributed by atoms with E-state index in [1.165, 1.54) is 11.3 Å². The Morgan fingerprint density at radius 3 is 3.05 bits per heavy atom. The first-order chi connectivity index (χ1) is 10.2. The fourth-order valence-electron chi connectivity index (χ4n) is 2.19. The molecule has 0 spiro atoms. The van der Waals surface area contributed by atoms with Gasteiger partial charge in [0.2, 0.25) is 0 Å². The summed E-state index contributed by atoms with van der Waals surface area (Å²) >= 11 is 7.36. The zero-order valence-electron chi connectivity index (χ0n) is 11.2. The second kappa shape index (κ2) is 6.62. The number of hydroxylamine groups is 1. The minimum atomic E-state index is -0.360. The zero-order chi connectivity index (χ0) is 14.7. The Kier molecular flexibility index (Phi) is 4.60. The molecular weight excluding hydrogens is 312 g/mol. The summed E-state index contributed by atoms with van der Waals surface area (Å²) in [7, 11) is 0. The monoisotopic (exact) mass is 326 g/mol. The summed E-state index contributed by atoms with van der Waals surface area (Å²) in [4.78, 5) is 21.4. The van der Waals surface area contributed by atoms with Gasteiger partial charge in [-0.1, -0.05) is 11.6 Å². The maximum atomic E-state index is 12.2. The van der Waals surface area contributed by atoms with Gasteiger partial charge in [-0.15, -0.1) is 11.3 Å². The molecule has 2 aromatic rings. The van der Waals surface area contributed by atoms with Crippen molar-refractivity contribution >= 4 is 28.8 Å². The first-order valence-electron chi connectivity index (χ1n) is 6.74. The van der Waals surface area contributed by atoms with Gasteiger partial charge < -0.3 is 9.72 Å². The second-order valence-electron chi connectivity index (χ2n) is 4.73. The van der Waals surface area contributed by atoms with Crippen LogP contribution >= 0.6 is 22.9 Å². The van der Waals surface area contributed by atoms with Crippen molar-refractivity contribution in [1.82, 2.24) is 10.5 Å². The highest BCUT2D eigenvalue weighted by Gasteiger charge is 2.19. The summed E-state index contributed by atoms with van der Waals surface area (Å²) in [5, 5.41) is 0. The number of H-pyrrole nitrogens is 1. The smallest absolute Gasteiger partial charge is 0.277 e. The highest BCUT2D eigenvalue weighted by Crippen LogP contribution is 2.33. The van der Waals surface area contributed by atoms with Crippen LogP contribution in [0.25, 0.3) is 10.4 Å². The molecule has 1 aliphatic heterocycles. The standard InChI is InChI=1S/C14H15ClN2O3S/c15-12-5-4-11(21-12)9-7-16-8-10(9)14(18)17-20-13-3-1-2-6-19-13/h4-5,7-8,13,16H,1-3,6H2,(H,17,18). The van der Waals surface area contributed by atoms with Crippen molar-refractivity contribution in [2.45, 2.75) is 25.6 Å². The highest BCUT2D eigenvalue weighted by molar-refractivity contribution is 7.19. The topological polar surface area (TPSA) is 63.4 Å². The minimum absolute atomic E-state index is 0.301. The molecular formula is C14H15ClN2O3S. The van der Waals surface area contributed by atoms with Gasteiger partial charge >= 0.3 is 0 Å². The lowest BCUT2D eigenvalue weighted by atomic mass is 10.1. The number of halogens is 1. The third kappa shape index (κ3) is 3.47. The largest absolute Gasteiger partial charge is 0.366 e. The third-order valence-corrected chi connectivity index (χ3v) is 4.51. The van der Waals surface area contributed by atoms with Gasteiger partial charge in [0.15, 0.2) is 6.29 Å². The molecule has 2 aromatic heterocycles. The second-order valence-corrected chi connectivity index (χ2v) is 6.45. The molecule has 7 heteroatoms. The molecule has 3 heterocycles. The third-order valence-electron chi connectivity index (χ3n) is 3.25. The average molecular weight is 327 g/mol. The molecule has 0 radical (unpaired) electrons. The minimum Gasteiger partial charge on any atom is -0.366 e. The van der Waals surface area contributed by atoms with E-state index in [0.29, 0.717) is 16.5 Å². The summed E-state index contributed by atoms with van der Waals surface area (Å²) in [6.07, 6.45) is 5.93. The first kappa shape index (κ1) is 14.6. The van der Waals surface area contributed by atoms with Crippen molar-refractivity contribution in [3.63, 3.8) is 0 Å². The number of aromatic nitrogens is 1. The molecule has 1 amide bonds. The fraction of sp³-hybridized carbons (Fsp3) is 0.357. The molecule has 1 aliphatic rings. The molecule has 0 saturated carbocycles. The molecule has 5 nitrogen and oxygen atoms in total. The van der Waals surface area contributed by atoms with Crippen LogP contribution in [0.5, 0.6) is 0 Å². The van der Waals surface area contributed by atoms with E-state index < -0.39 is 0 Å². The van der Waals surface area contributed by atoms with Crippen LogP contribution in [0, 0.1) is 0 Å². The van der Waals surface area contributed by atoms with E-state index in [-0.39, 0.29) is 12.2 Å². The number of ether oxygens (including phenoxy) is 1. The molecule has 1 unspecified atom stereocenters. The van der Waals surface area contributed by atoms with Crippen molar-refractivity contribution in [3.8, 4) is 10.4 Å². The number of thiophene rings is 1. The predicted molar refractivity (Wildman–Crippen MR) is 81.3 cm³/mol. The maximum absolute atomic E-state index is 12.2. The first-order valence-corrected chi connectivity index (χ1v) is 7.93. The summed E-state index contributed by atoms with van der Waals surface area (Å²) < 4.78 is 6.09. The molecule has 0 aromatic carbocycles. The Labute approximate surface area is 131 Å². The van der Waals surface area contributed by atoms with E-state index in [9.17, 15) is 4.79 Å². The van der Waals surface area contributed by atoms with Crippen LogP contribution in [-0.2, 0) is 9.57 Å². The summed E-state index contributed by atoms with van der Waals surface area (Å²) in [6.45, 7) is 0.670. The van der Waals surface area contributed by atoms with Crippen LogP contribution in [-0.4, -0.2) is 23.8 Å². The number of rotatable bonds is 4. The molecule has 3 rings (SSSR count). The van der Waals surface area contributed by atoms with Crippen LogP contribution in [0.4, 0.5) is 0 Å². The number of hydrogen-bond donors (Lipinski definition) is 2. The quantitative estimate of drug-likeness (QED) is 0.844. The Morgan fingerprint density at radius 2 is 2.33 bits per heavy atom. The van der Waals surface area contributed by atoms with Gasteiger partial charge in [0.1, 0.15) is 0 Å². The van der Waals surface area contributed by atoms with Gasteiger partial charge in [0, 0.05) is 35.9 Å². The van der Waals surface area contributed by atoms with E-state index in [2.05, 4.69) is 10.5 Å². The van der Waals surface area contributed by atoms with Crippen LogP contribution < -0.4 is 5.48 Å². The maximum Gasteiger partial charge on any atom is 0.277 e. The van der Waals surface area contributed by atoms with Crippen molar-refractivity contribution in [1.29, 1.82) is 0 Å². The van der Waals surface area contributed by atoms with Gasteiger partial charge in [0.05, 0.1) is 9.90 Å². The number of nitrogens with one attached hydrogen (secondary N) is 2. The lowest BCUT2D eigenvalue weighted by Gasteiger charge is -2.22. The Balaban J connectivity index is 1.66. The Bertz CT molecular complexity index is 619. The van der Waals surface area contributed by atoms with Crippen LogP contribution in [0.15, 0.2) is 24.5 Å². The van der Waals surface area contributed by atoms with Crippen molar-refractivity contribution < 1.29 is 14.4 Å². The molecule has 0 bridgehead atoms. The Hall–Kier alpha value is -1.34. The summed E-state index contributed by atoms with van der Waals surface area (Å²) in [5.74, 6) is -0.301. The van der Waals surface area contributed by atoms with E-state index in [0.717, 1.165) is 29.7 Å². The van der Waals surface area contributed by atoms with Gasteiger partial charge in [-0.05, 0) is 25.0 Å². The Morgan fingerprint density at radius 1 is 1.43 bits per heavy atom. The summed E-state index contributed by atoms with van der Waals surface area (Å²) in [6, 6.07) is 3.70. The van der Waals surface area contributed by atoms with E-state index in [1.54, 1.807) is 12.4 Å². The lowest BCUT2D eigenvalue weighted by Crippen LogP contribution is -2.33. The van der Waals surface area contributed by atoms with Crippen molar-refractivity contribution in [2.75, 3.05) is 6.61 Å². The summed E-state index contributed by atoms with van der Waals surface area (Å²) in [5.41, 5.74) is 3.78. The molecule has 0 aliphatic carbocycles. The molecule has 1 fully saturated rings. The number of carbonyl (C=O) groups is 1. The van der Waals surface area contributed by atoms with Crippen LogP contribution in [0.2, 0.25) is 4.34 Å². The van der Waals surface area contributed by atoms with E-state index in [4.69, 9.17) is 21.2 Å². The number of carbonyl (C=O) groups excluding carboxylic acids is 1. The zero-order valence-corrected chi connectivity index (χ0v) is 12.8. The normalized spacial score (nSPS) is 18.6. The van der Waals surface area contributed by atoms with Crippen LogP contribution in [0.3, 0.4) is 0 Å². The number of hydrogen-bond acceptors (Lipinski definition) is 4. The van der Waals surface area contributed by atoms with Gasteiger partial charge in [-0.2, -0.15) is 0 Å². The molecule has 1 saturated heterocycles.